The Hall–Kier alpha value is -2.58. The van der Waals surface area contributed by atoms with Crippen LogP contribution >= 0.6 is 0 Å². The maximum absolute atomic E-state index is 13.2. The summed E-state index contributed by atoms with van der Waals surface area (Å²) < 4.78 is 35.3. The van der Waals surface area contributed by atoms with Crippen LogP contribution in [0, 0.1) is 0 Å². The maximum Gasteiger partial charge on any atom is 0.325 e. The number of piperidine rings is 1. The Morgan fingerprint density at radius 2 is 1.59 bits per heavy atom. The van der Waals surface area contributed by atoms with Crippen molar-refractivity contribution in [1.82, 2.24) is 4.90 Å². The molecule has 1 heterocycles. The van der Waals surface area contributed by atoms with Crippen LogP contribution in [0.1, 0.15) is 31.7 Å². The van der Waals surface area contributed by atoms with Gasteiger partial charge in [0, 0.05) is 13.0 Å². The topological polar surface area (TPSA) is 93.1 Å². The third-order valence-corrected chi connectivity index (χ3v) is 8.40. The average molecular weight is 462 g/mol. The lowest BCUT2D eigenvalue weighted by molar-refractivity contribution is -0.139. The fourth-order valence-electron chi connectivity index (χ4n) is 3.87. The first-order valence-electron chi connectivity index (χ1n) is 10.8. The quantitative estimate of drug-likeness (QED) is 0.579. The van der Waals surface area contributed by atoms with E-state index in [0.29, 0.717) is 23.7 Å². The Kier molecular flexibility index (Phi) is 7.79. The molecule has 1 N–H and O–H groups in total. The Balaban J connectivity index is 1.68. The van der Waals surface area contributed by atoms with E-state index in [4.69, 9.17) is 9.47 Å². The molecule has 0 bridgehead atoms. The van der Waals surface area contributed by atoms with Crippen LogP contribution in [-0.2, 0) is 21.1 Å². The fraction of sp³-hybridized carbons (Fsp3) is 0.458. The smallest absolute Gasteiger partial charge is 0.325 e. The lowest BCUT2D eigenvalue weighted by Gasteiger charge is -2.26. The standard InChI is InChI=1S/C24H31NO6S/c1-24(23(26)27,32(28,29)22-12-10-20(30-2)11-13-22)18-19-6-8-21(9-7-19)31-17-16-25-14-4-3-5-15-25/h6-13H,3-5,14-18H2,1-2H3,(H,26,27). The van der Waals surface area contributed by atoms with Crippen molar-refractivity contribution in [2.75, 3.05) is 33.4 Å². The van der Waals surface area contributed by atoms with Gasteiger partial charge in [-0.15, -0.1) is 0 Å². The van der Waals surface area contributed by atoms with E-state index in [9.17, 15) is 18.3 Å². The monoisotopic (exact) mass is 461 g/mol. The van der Waals surface area contributed by atoms with Gasteiger partial charge in [-0.05, 0) is 74.8 Å². The summed E-state index contributed by atoms with van der Waals surface area (Å²) in [5.41, 5.74) is 0.607. The van der Waals surface area contributed by atoms with Crippen LogP contribution < -0.4 is 9.47 Å². The molecule has 32 heavy (non-hydrogen) atoms. The van der Waals surface area contributed by atoms with E-state index in [1.54, 1.807) is 24.3 Å². The molecule has 1 saturated heterocycles. The van der Waals surface area contributed by atoms with Gasteiger partial charge in [0.25, 0.3) is 0 Å². The van der Waals surface area contributed by atoms with E-state index in [-0.39, 0.29) is 11.3 Å². The Bertz CT molecular complexity index is 998. The number of carboxylic acid groups (broad SMARTS) is 1. The van der Waals surface area contributed by atoms with E-state index in [1.165, 1.54) is 57.6 Å². The normalized spacial score (nSPS) is 16.8. The molecule has 0 saturated carbocycles. The molecule has 3 rings (SSSR count). The van der Waals surface area contributed by atoms with Gasteiger partial charge in [-0.3, -0.25) is 9.69 Å². The number of methoxy groups -OCH3 is 1. The molecular weight excluding hydrogens is 430 g/mol. The molecule has 1 fully saturated rings. The van der Waals surface area contributed by atoms with Gasteiger partial charge < -0.3 is 14.6 Å². The minimum atomic E-state index is -4.15. The zero-order chi connectivity index (χ0) is 23.2. The predicted octanol–water partition coefficient (Wildman–Crippen LogP) is 3.42. The van der Waals surface area contributed by atoms with Gasteiger partial charge in [0.05, 0.1) is 12.0 Å². The van der Waals surface area contributed by atoms with Crippen LogP contribution in [0.3, 0.4) is 0 Å². The van der Waals surface area contributed by atoms with Crippen molar-refractivity contribution in [2.24, 2.45) is 0 Å². The molecule has 0 spiro atoms. The fourth-order valence-corrected chi connectivity index (χ4v) is 5.47. The number of benzene rings is 2. The van der Waals surface area contributed by atoms with Crippen LogP contribution in [0.25, 0.3) is 0 Å². The molecule has 0 radical (unpaired) electrons. The van der Waals surface area contributed by atoms with Gasteiger partial charge >= 0.3 is 5.97 Å². The predicted molar refractivity (Wildman–Crippen MR) is 122 cm³/mol. The third kappa shape index (κ3) is 5.42. The van der Waals surface area contributed by atoms with Crippen LogP contribution in [0.2, 0.25) is 0 Å². The molecule has 2 aromatic carbocycles. The van der Waals surface area contributed by atoms with Crippen molar-refractivity contribution in [3.05, 3.63) is 54.1 Å². The van der Waals surface area contributed by atoms with Crippen LogP contribution in [0.4, 0.5) is 0 Å². The van der Waals surface area contributed by atoms with E-state index < -0.39 is 20.6 Å². The molecule has 1 unspecified atom stereocenters. The number of rotatable bonds is 10. The van der Waals surface area contributed by atoms with E-state index in [1.807, 2.05) is 0 Å². The molecule has 1 aliphatic rings. The summed E-state index contributed by atoms with van der Waals surface area (Å²) in [7, 11) is -2.67. The largest absolute Gasteiger partial charge is 0.497 e. The van der Waals surface area contributed by atoms with Gasteiger partial charge in [0.15, 0.2) is 14.6 Å². The van der Waals surface area contributed by atoms with Crippen molar-refractivity contribution in [2.45, 2.75) is 42.2 Å². The SMILES string of the molecule is COc1ccc(S(=O)(=O)C(C)(Cc2ccc(OCCN3CCCCC3)cc2)C(=O)O)cc1. The average Bonchev–Trinajstić information content (AvgIpc) is 2.80. The minimum Gasteiger partial charge on any atom is -0.497 e. The summed E-state index contributed by atoms with van der Waals surface area (Å²) in [5, 5.41) is 9.85. The first kappa shape index (κ1) is 24.1. The zero-order valence-corrected chi connectivity index (χ0v) is 19.4. The van der Waals surface area contributed by atoms with Crippen LogP contribution in [-0.4, -0.2) is 62.5 Å². The van der Waals surface area contributed by atoms with Crippen molar-refractivity contribution < 1.29 is 27.8 Å². The van der Waals surface area contributed by atoms with Gasteiger partial charge in [0.2, 0.25) is 0 Å². The number of nitrogens with zero attached hydrogens (tertiary/aromatic N) is 1. The number of likely N-dealkylation sites (tertiary alicyclic amines) is 1. The lowest BCUT2D eigenvalue weighted by atomic mass is 10.0. The molecule has 0 aliphatic carbocycles. The third-order valence-electron chi connectivity index (χ3n) is 6.00. The highest BCUT2D eigenvalue weighted by Crippen LogP contribution is 2.31. The Labute approximate surface area is 189 Å². The lowest BCUT2D eigenvalue weighted by Crippen LogP contribution is -2.45. The second-order valence-electron chi connectivity index (χ2n) is 8.29. The van der Waals surface area contributed by atoms with E-state index >= 15 is 0 Å². The number of ether oxygens (including phenoxy) is 2. The summed E-state index contributed by atoms with van der Waals surface area (Å²) in [6, 6.07) is 12.7. The van der Waals surface area contributed by atoms with E-state index in [2.05, 4.69) is 4.90 Å². The van der Waals surface area contributed by atoms with Gasteiger partial charge in [-0.2, -0.15) is 0 Å². The van der Waals surface area contributed by atoms with Crippen molar-refractivity contribution in [1.29, 1.82) is 0 Å². The minimum absolute atomic E-state index is 0.0548. The zero-order valence-electron chi connectivity index (χ0n) is 18.6. The maximum atomic E-state index is 13.2. The Morgan fingerprint density at radius 1 is 1.00 bits per heavy atom. The molecule has 1 aliphatic heterocycles. The second-order valence-corrected chi connectivity index (χ2v) is 10.7. The molecule has 8 heteroatoms. The summed E-state index contributed by atoms with van der Waals surface area (Å²) in [4.78, 5) is 14.4. The summed E-state index contributed by atoms with van der Waals surface area (Å²) in [6.45, 7) is 4.92. The van der Waals surface area contributed by atoms with Crippen molar-refractivity contribution in [3.8, 4) is 11.5 Å². The van der Waals surface area contributed by atoms with Gasteiger partial charge in [-0.1, -0.05) is 18.6 Å². The number of aliphatic carboxylic acids is 1. The van der Waals surface area contributed by atoms with Crippen LogP contribution in [0.5, 0.6) is 11.5 Å². The summed E-state index contributed by atoms with van der Waals surface area (Å²) in [6.07, 6.45) is 3.60. The first-order valence-corrected chi connectivity index (χ1v) is 12.3. The number of carbonyl (C=O) groups is 1. The van der Waals surface area contributed by atoms with E-state index in [0.717, 1.165) is 19.6 Å². The molecule has 7 nitrogen and oxygen atoms in total. The molecule has 2 aromatic rings. The number of hydrogen-bond acceptors (Lipinski definition) is 6. The molecule has 1 atom stereocenters. The van der Waals surface area contributed by atoms with Crippen molar-refractivity contribution in [3.63, 3.8) is 0 Å². The number of carboxylic acids is 1. The molecule has 0 aromatic heterocycles. The number of hydrogen-bond donors (Lipinski definition) is 1. The van der Waals surface area contributed by atoms with Crippen LogP contribution in [0.15, 0.2) is 53.4 Å². The highest BCUT2D eigenvalue weighted by Gasteiger charge is 2.47. The molecule has 174 valence electrons. The summed E-state index contributed by atoms with van der Waals surface area (Å²) in [5.74, 6) is -0.215. The molecule has 0 amide bonds. The molecular formula is C24H31NO6S. The highest BCUT2D eigenvalue weighted by atomic mass is 32.2. The highest BCUT2D eigenvalue weighted by molar-refractivity contribution is 7.93. The van der Waals surface area contributed by atoms with Gasteiger partial charge in [0.1, 0.15) is 18.1 Å². The Morgan fingerprint density at radius 3 is 2.16 bits per heavy atom. The second kappa shape index (κ2) is 10.4. The van der Waals surface area contributed by atoms with Gasteiger partial charge in [-0.25, -0.2) is 8.42 Å². The first-order chi connectivity index (χ1) is 15.3. The van der Waals surface area contributed by atoms with Crippen molar-refractivity contribution >= 4 is 15.8 Å². The summed E-state index contributed by atoms with van der Waals surface area (Å²) >= 11 is 0. The number of sulfone groups is 1.